The van der Waals surface area contributed by atoms with Gasteiger partial charge in [0.05, 0.1) is 0 Å². The number of oxazole rings is 1. The first kappa shape index (κ1) is 26.1. The van der Waals surface area contributed by atoms with Crippen molar-refractivity contribution in [2.45, 2.75) is 6.92 Å². The predicted molar refractivity (Wildman–Crippen MR) is 161 cm³/mol. The van der Waals surface area contributed by atoms with E-state index >= 15 is 0 Å². The van der Waals surface area contributed by atoms with Crippen LogP contribution in [0.5, 0.6) is 0 Å². The molecule has 2 heterocycles. The lowest BCUT2D eigenvalue weighted by Gasteiger charge is -2.35. The molecule has 204 valence electrons. The minimum atomic E-state index is -0.186. The summed E-state index contributed by atoms with van der Waals surface area (Å²) in [7, 11) is 0. The summed E-state index contributed by atoms with van der Waals surface area (Å²) in [5, 5.41) is 2.93. The summed E-state index contributed by atoms with van der Waals surface area (Å²) in [4.78, 5) is 35.3. The third kappa shape index (κ3) is 5.75. The van der Waals surface area contributed by atoms with Crippen molar-refractivity contribution in [2.24, 2.45) is 0 Å². The highest BCUT2D eigenvalue weighted by Gasteiger charge is 2.29. The molecule has 7 heteroatoms. The molecule has 0 saturated carbocycles. The molecule has 6 rings (SSSR count). The van der Waals surface area contributed by atoms with Gasteiger partial charge in [0.1, 0.15) is 0 Å². The van der Waals surface area contributed by atoms with Gasteiger partial charge in [0.15, 0.2) is 11.5 Å². The molecular formula is C34H30N4O3. The van der Waals surface area contributed by atoms with Crippen molar-refractivity contribution in [3.63, 3.8) is 0 Å². The molecule has 0 atom stereocenters. The summed E-state index contributed by atoms with van der Waals surface area (Å²) in [6.45, 7) is 4.64. The minimum absolute atomic E-state index is 0.157. The van der Waals surface area contributed by atoms with Gasteiger partial charge in [0, 0.05) is 54.2 Å². The van der Waals surface area contributed by atoms with Crippen molar-refractivity contribution >= 4 is 23.2 Å². The van der Waals surface area contributed by atoms with E-state index in [1.54, 1.807) is 24.3 Å². The van der Waals surface area contributed by atoms with Crippen LogP contribution in [0, 0.1) is 6.92 Å². The molecule has 1 fully saturated rings. The summed E-state index contributed by atoms with van der Waals surface area (Å²) in [5.41, 5.74) is 5.27. The van der Waals surface area contributed by atoms with Gasteiger partial charge in [-0.2, -0.15) is 0 Å². The maximum Gasteiger partial charge on any atom is 0.276 e. The van der Waals surface area contributed by atoms with E-state index in [0.29, 0.717) is 41.6 Å². The Morgan fingerprint density at radius 2 is 1.37 bits per heavy atom. The van der Waals surface area contributed by atoms with Gasteiger partial charge < -0.3 is 19.5 Å². The SMILES string of the molecule is Cc1ccc(C(=O)Nc2ccc(-c3oc(-c4ccccc4)nc3C(=O)N3CCN(c4ccccc4)CC3)cc2)cc1. The standard InChI is InChI=1S/C34H30N4O3/c1-24-12-14-26(15-13-24)32(39)35-28-18-16-25(17-19-28)31-30(36-33(41-31)27-8-4-2-5-9-27)34(40)38-22-20-37(21-23-38)29-10-6-3-7-11-29/h2-19H,20-23H2,1H3,(H,35,39). The van der Waals surface area contributed by atoms with Gasteiger partial charge in [-0.15, -0.1) is 0 Å². The molecule has 1 aromatic heterocycles. The molecule has 1 saturated heterocycles. The molecule has 41 heavy (non-hydrogen) atoms. The average Bonchev–Trinajstić information content (AvgIpc) is 3.48. The molecule has 0 unspecified atom stereocenters. The van der Waals surface area contributed by atoms with E-state index in [0.717, 1.165) is 29.9 Å². The second-order valence-electron chi connectivity index (χ2n) is 10.1. The van der Waals surface area contributed by atoms with E-state index in [1.807, 2.05) is 84.6 Å². The van der Waals surface area contributed by atoms with E-state index in [2.05, 4.69) is 27.3 Å². The monoisotopic (exact) mass is 542 g/mol. The topological polar surface area (TPSA) is 78.7 Å². The van der Waals surface area contributed by atoms with E-state index in [1.165, 1.54) is 0 Å². The Morgan fingerprint density at radius 3 is 2.02 bits per heavy atom. The van der Waals surface area contributed by atoms with Gasteiger partial charge in [-0.25, -0.2) is 4.98 Å². The van der Waals surface area contributed by atoms with Crippen LogP contribution in [0.2, 0.25) is 0 Å². The number of nitrogens with zero attached hydrogens (tertiary/aromatic N) is 3. The van der Waals surface area contributed by atoms with Crippen LogP contribution in [0.25, 0.3) is 22.8 Å². The minimum Gasteiger partial charge on any atom is -0.435 e. The molecule has 0 bridgehead atoms. The van der Waals surface area contributed by atoms with Crippen LogP contribution in [-0.2, 0) is 0 Å². The quantitative estimate of drug-likeness (QED) is 0.264. The van der Waals surface area contributed by atoms with Gasteiger partial charge in [-0.05, 0) is 67.6 Å². The Bertz CT molecular complexity index is 1640. The van der Waals surface area contributed by atoms with Crippen molar-refractivity contribution in [2.75, 3.05) is 36.4 Å². The average molecular weight is 543 g/mol. The van der Waals surface area contributed by atoms with Crippen LogP contribution >= 0.6 is 0 Å². The maximum atomic E-state index is 13.8. The van der Waals surface area contributed by atoms with Gasteiger partial charge in [0.2, 0.25) is 5.89 Å². The molecule has 7 nitrogen and oxygen atoms in total. The number of hydrogen-bond donors (Lipinski definition) is 1. The molecular weight excluding hydrogens is 512 g/mol. The highest BCUT2D eigenvalue weighted by molar-refractivity contribution is 6.04. The van der Waals surface area contributed by atoms with Crippen LogP contribution in [0.4, 0.5) is 11.4 Å². The van der Waals surface area contributed by atoms with E-state index in [4.69, 9.17) is 4.42 Å². The number of aromatic nitrogens is 1. The summed E-state index contributed by atoms with van der Waals surface area (Å²) in [6, 6.07) is 34.5. The molecule has 2 amide bonds. The fourth-order valence-corrected chi connectivity index (χ4v) is 4.93. The number of benzene rings is 4. The van der Waals surface area contributed by atoms with Crippen molar-refractivity contribution in [3.8, 4) is 22.8 Å². The first-order valence-corrected chi connectivity index (χ1v) is 13.7. The highest BCUT2D eigenvalue weighted by atomic mass is 16.4. The number of carbonyl (C=O) groups excluding carboxylic acids is 2. The predicted octanol–water partition coefficient (Wildman–Crippen LogP) is 6.53. The molecule has 4 aromatic carbocycles. The summed E-state index contributed by atoms with van der Waals surface area (Å²) >= 11 is 0. The van der Waals surface area contributed by atoms with Crippen molar-refractivity contribution in [1.82, 2.24) is 9.88 Å². The van der Waals surface area contributed by atoms with Crippen LogP contribution < -0.4 is 10.2 Å². The summed E-state index contributed by atoms with van der Waals surface area (Å²) < 4.78 is 6.23. The maximum absolute atomic E-state index is 13.8. The van der Waals surface area contributed by atoms with Gasteiger partial charge in [-0.3, -0.25) is 9.59 Å². The molecule has 0 aliphatic carbocycles. The Balaban J connectivity index is 1.24. The van der Waals surface area contributed by atoms with Gasteiger partial charge in [0.25, 0.3) is 11.8 Å². The number of rotatable bonds is 6. The first-order chi connectivity index (χ1) is 20.0. The highest BCUT2D eigenvalue weighted by Crippen LogP contribution is 2.32. The zero-order valence-electron chi connectivity index (χ0n) is 22.8. The second-order valence-corrected chi connectivity index (χ2v) is 10.1. The Labute approximate surface area is 239 Å². The summed E-state index contributed by atoms with van der Waals surface area (Å²) in [5.74, 6) is 0.462. The second kappa shape index (κ2) is 11.5. The van der Waals surface area contributed by atoms with Crippen LogP contribution in [0.3, 0.4) is 0 Å². The van der Waals surface area contributed by atoms with E-state index < -0.39 is 0 Å². The van der Waals surface area contributed by atoms with Crippen LogP contribution in [0.15, 0.2) is 114 Å². The van der Waals surface area contributed by atoms with Crippen LogP contribution in [-0.4, -0.2) is 47.9 Å². The fraction of sp³-hybridized carbons (Fsp3) is 0.147. The van der Waals surface area contributed by atoms with E-state index in [9.17, 15) is 9.59 Å². The molecule has 5 aromatic rings. The number of hydrogen-bond acceptors (Lipinski definition) is 5. The number of para-hydroxylation sites is 1. The van der Waals surface area contributed by atoms with Gasteiger partial charge in [-0.1, -0.05) is 54.1 Å². The third-order valence-corrected chi connectivity index (χ3v) is 7.26. The van der Waals surface area contributed by atoms with Crippen molar-refractivity contribution in [1.29, 1.82) is 0 Å². The molecule has 0 radical (unpaired) electrons. The van der Waals surface area contributed by atoms with Crippen molar-refractivity contribution < 1.29 is 14.0 Å². The van der Waals surface area contributed by atoms with E-state index in [-0.39, 0.29) is 17.5 Å². The number of piperazine rings is 1. The number of aryl methyl sites for hydroxylation is 1. The Morgan fingerprint density at radius 1 is 0.732 bits per heavy atom. The third-order valence-electron chi connectivity index (χ3n) is 7.26. The zero-order chi connectivity index (χ0) is 28.2. The van der Waals surface area contributed by atoms with Crippen LogP contribution in [0.1, 0.15) is 26.4 Å². The molecule has 1 aliphatic rings. The molecule has 1 aliphatic heterocycles. The number of nitrogens with one attached hydrogen (secondary N) is 1. The first-order valence-electron chi connectivity index (χ1n) is 13.7. The fourth-order valence-electron chi connectivity index (χ4n) is 4.93. The number of amides is 2. The molecule has 1 N–H and O–H groups in total. The lowest BCUT2D eigenvalue weighted by molar-refractivity contribution is 0.0741. The Kier molecular flexibility index (Phi) is 7.32. The number of anilines is 2. The smallest absolute Gasteiger partial charge is 0.276 e. The Hall–Kier alpha value is -5.17. The lowest BCUT2D eigenvalue weighted by Crippen LogP contribution is -2.49. The lowest BCUT2D eigenvalue weighted by atomic mass is 10.1. The molecule has 0 spiro atoms. The van der Waals surface area contributed by atoms with Gasteiger partial charge >= 0.3 is 0 Å². The normalized spacial score (nSPS) is 13.2. The zero-order valence-corrected chi connectivity index (χ0v) is 22.8. The summed E-state index contributed by atoms with van der Waals surface area (Å²) in [6.07, 6.45) is 0. The van der Waals surface area contributed by atoms with Crippen molar-refractivity contribution in [3.05, 3.63) is 126 Å². The number of carbonyl (C=O) groups is 2. The largest absolute Gasteiger partial charge is 0.435 e.